The van der Waals surface area contributed by atoms with E-state index in [0.29, 0.717) is 5.57 Å². The fraction of sp³-hybridized carbons (Fsp3) is 0.614. The van der Waals surface area contributed by atoms with Crippen LogP contribution in [-0.4, -0.2) is 132 Å². The lowest BCUT2D eigenvalue weighted by atomic mass is 9.44. The van der Waals surface area contributed by atoms with Gasteiger partial charge in [-0.3, -0.25) is 9.59 Å². The van der Waals surface area contributed by atoms with Crippen LogP contribution in [0.5, 0.6) is 0 Å². The molecule has 2 saturated carbocycles. The van der Waals surface area contributed by atoms with Crippen LogP contribution in [-0.2, 0) is 57.0 Å². The predicted octanol–water partition coefficient (Wildman–Crippen LogP) is 3.80. The summed E-state index contributed by atoms with van der Waals surface area (Å²) < 4.78 is 52.8. The minimum absolute atomic E-state index is 0.00597. The third-order valence-electron chi connectivity index (χ3n) is 12.8. The Morgan fingerprint density at radius 2 is 1.63 bits per heavy atom. The highest BCUT2D eigenvalue weighted by molar-refractivity contribution is 5.95. The molecule has 2 unspecified atom stereocenters. The number of nitrogens with one attached hydrogen (secondary N) is 1. The Labute approximate surface area is 363 Å². The number of aliphatic hydroxyl groups is 2. The van der Waals surface area contributed by atoms with Gasteiger partial charge in [0.25, 0.3) is 0 Å². The Hall–Kier alpha value is -5.53. The maximum atomic E-state index is 15.6. The number of ketones is 1. The zero-order valence-electron chi connectivity index (χ0n) is 37.0. The molecule has 1 amide bonds. The quantitative estimate of drug-likeness (QED) is 0.181. The summed E-state index contributed by atoms with van der Waals surface area (Å²) in [4.78, 5) is 97.5. The zero-order valence-corrected chi connectivity index (χ0v) is 37.0. The first-order valence-electron chi connectivity index (χ1n) is 20.4. The second kappa shape index (κ2) is 16.5. The van der Waals surface area contributed by atoms with Crippen molar-refractivity contribution in [2.45, 2.75) is 141 Å². The first-order valence-corrected chi connectivity index (χ1v) is 20.4. The number of esters is 3. The van der Waals surface area contributed by atoms with Crippen molar-refractivity contribution in [3.05, 3.63) is 58.7 Å². The van der Waals surface area contributed by atoms with Gasteiger partial charge >= 0.3 is 36.3 Å². The van der Waals surface area contributed by atoms with Crippen LogP contribution < -0.4 is 5.32 Å². The summed E-state index contributed by atoms with van der Waals surface area (Å²) in [6.07, 6.45) is -15.1. The molecule has 1 aromatic carbocycles. The molecular weight excluding hydrogens is 830 g/mol. The largest absolute Gasteiger partial charge is 0.509 e. The summed E-state index contributed by atoms with van der Waals surface area (Å²) in [5, 5.41) is 26.2. The summed E-state index contributed by atoms with van der Waals surface area (Å²) in [7, 11) is 0.998. The maximum absolute atomic E-state index is 15.6. The highest BCUT2D eigenvalue weighted by Gasteiger charge is 2.83. The third kappa shape index (κ3) is 7.81. The molecule has 12 atom stereocenters. The van der Waals surface area contributed by atoms with E-state index >= 15 is 4.79 Å². The number of amides is 1. The van der Waals surface area contributed by atoms with Crippen LogP contribution in [0.15, 0.2) is 53.1 Å². The Bertz CT molecular complexity index is 2120. The van der Waals surface area contributed by atoms with Gasteiger partial charge in [0.1, 0.15) is 11.7 Å². The van der Waals surface area contributed by atoms with Gasteiger partial charge in [-0.15, -0.1) is 0 Å². The number of methoxy groups -OCH3 is 1. The fourth-order valence-electron chi connectivity index (χ4n) is 10.1. The summed E-state index contributed by atoms with van der Waals surface area (Å²) in [5.41, 5.74) is -8.84. The number of fused-ring (bicyclic) bond motifs is 4. The first-order chi connectivity index (χ1) is 29.3. The molecule has 2 aliphatic heterocycles. The average molecular weight is 886 g/mol. The molecule has 2 heterocycles. The van der Waals surface area contributed by atoms with Crippen molar-refractivity contribution >= 4 is 42.1 Å². The molecule has 5 aliphatic rings. The lowest BCUT2D eigenvalue weighted by Crippen LogP contribution is -2.83. The molecule has 3 N–H and O–H groups in total. The van der Waals surface area contributed by atoms with E-state index in [1.54, 1.807) is 52.8 Å². The number of Topliss-reactive ketones (excluding diaryl/α,β-unsaturated/α-hetero) is 1. The molecule has 6 rings (SSSR count). The van der Waals surface area contributed by atoms with E-state index in [0.717, 1.165) is 14.0 Å². The van der Waals surface area contributed by atoms with Crippen molar-refractivity contribution in [1.82, 2.24) is 5.32 Å². The number of benzene rings is 1. The predicted molar refractivity (Wildman–Crippen MR) is 213 cm³/mol. The number of hydrogen-bond donors (Lipinski definition) is 3. The van der Waals surface area contributed by atoms with Gasteiger partial charge in [-0.1, -0.05) is 43.7 Å². The van der Waals surface area contributed by atoms with Crippen LogP contribution in [0.1, 0.15) is 86.0 Å². The average Bonchev–Trinajstić information content (AvgIpc) is 3.55. The molecule has 0 radical (unpaired) electrons. The van der Waals surface area contributed by atoms with Gasteiger partial charge in [0.05, 0.1) is 42.8 Å². The van der Waals surface area contributed by atoms with E-state index in [4.69, 9.17) is 42.6 Å². The summed E-state index contributed by atoms with van der Waals surface area (Å²) in [6.45, 7) is 14.6. The molecule has 3 aliphatic carbocycles. The molecule has 19 nitrogen and oxygen atoms in total. The normalized spacial score (nSPS) is 33.6. The summed E-state index contributed by atoms with van der Waals surface area (Å²) >= 11 is 0. The van der Waals surface area contributed by atoms with Crippen molar-refractivity contribution in [3.8, 4) is 0 Å². The number of rotatable bonds is 9. The standard InChI is InChI=1S/C44H55NO18/c1-20(2)17-24(45-37(52)62-40(5,6)7)28(48)36(51)57-29-21(3)27-30(58-38(53)55-11)32(49)42(10)25(47)18-26-43(19-56-26,61-22(4)46)31(42)34(59-35(50)23-15-13-12-14-16-23)44(41(27,8)9)33(29)60-39(54)63-44/h12-17,24-26,28-31,33-34,47-48H,18-19H2,1-11H3,(H,45,52)/t24-,25-,26+,28+,29+,30+,31?,33-,34?,42+,43-,44+/m0/s1. The number of aliphatic hydroxyl groups excluding tert-OH is 2. The highest BCUT2D eigenvalue weighted by atomic mass is 16.8. The highest BCUT2D eigenvalue weighted by Crippen LogP contribution is 2.67. The minimum atomic E-state index is -2.41. The fourth-order valence-corrected chi connectivity index (χ4v) is 10.1. The van der Waals surface area contributed by atoms with Gasteiger partial charge in [-0.25, -0.2) is 24.0 Å². The van der Waals surface area contributed by atoms with Crippen molar-refractivity contribution in [2.75, 3.05) is 13.7 Å². The summed E-state index contributed by atoms with van der Waals surface area (Å²) in [6, 6.07) is 6.22. The topological polar surface area (TPSA) is 255 Å². The molecule has 1 aromatic rings. The number of ether oxygens (including phenoxy) is 9. The van der Waals surface area contributed by atoms with E-state index in [1.807, 2.05) is 0 Å². The van der Waals surface area contributed by atoms with Gasteiger partial charge in [0, 0.05) is 18.8 Å². The molecule has 19 heteroatoms. The molecular formula is C44H55NO18. The Balaban J connectivity index is 1.63. The lowest BCUT2D eigenvalue weighted by molar-refractivity contribution is -0.345. The van der Waals surface area contributed by atoms with Crippen molar-refractivity contribution < 1.29 is 86.4 Å². The molecule has 2 bridgehead atoms. The van der Waals surface area contributed by atoms with E-state index < -0.39 is 131 Å². The second-order valence-corrected chi connectivity index (χ2v) is 18.5. The van der Waals surface area contributed by atoms with Crippen molar-refractivity contribution in [3.63, 3.8) is 0 Å². The molecule has 2 saturated heterocycles. The number of alkyl carbamates (subject to hydrolysis) is 1. The number of carbonyl (C=O) groups excluding carboxylic acids is 7. The molecule has 63 heavy (non-hydrogen) atoms. The third-order valence-corrected chi connectivity index (χ3v) is 12.8. The van der Waals surface area contributed by atoms with E-state index in [9.17, 15) is 39.0 Å². The number of hydrogen-bond acceptors (Lipinski definition) is 18. The van der Waals surface area contributed by atoms with Gasteiger partial charge in [-0.2, -0.15) is 0 Å². The van der Waals surface area contributed by atoms with E-state index in [2.05, 4.69) is 5.32 Å². The van der Waals surface area contributed by atoms with Crippen molar-refractivity contribution in [2.24, 2.45) is 16.7 Å². The van der Waals surface area contributed by atoms with Crippen LogP contribution in [0.25, 0.3) is 0 Å². The van der Waals surface area contributed by atoms with Crippen LogP contribution in [0.4, 0.5) is 14.4 Å². The van der Waals surface area contributed by atoms with Crippen LogP contribution in [0, 0.1) is 16.7 Å². The van der Waals surface area contributed by atoms with Gasteiger partial charge in [0.15, 0.2) is 41.9 Å². The molecule has 0 aromatic heterocycles. The SMILES string of the molecule is COC(=O)O[C@H]1C(=O)[C@@]2(C)C(C(OC(=O)c3ccccc3)[C@]34OC(=O)O[C@H]3[C@H](OC(=O)[C@H](O)[C@H](C=C(C)C)NC(=O)OC(C)(C)C)C(C)=C1C4(C)C)[C@]1(OC(C)=O)CO[C@@H]1C[C@@H]2O. The lowest BCUT2D eigenvalue weighted by Gasteiger charge is -2.67. The monoisotopic (exact) mass is 885 g/mol. The van der Waals surface area contributed by atoms with Gasteiger partial charge in [-0.05, 0) is 71.7 Å². The van der Waals surface area contributed by atoms with Gasteiger partial charge in [0.2, 0.25) is 5.60 Å². The summed E-state index contributed by atoms with van der Waals surface area (Å²) in [5.74, 6) is -5.87. The Morgan fingerprint density at radius 3 is 2.19 bits per heavy atom. The molecule has 4 fully saturated rings. The smallest absolute Gasteiger partial charge is 0.454 e. The minimum Gasteiger partial charge on any atom is -0.454 e. The van der Waals surface area contributed by atoms with Crippen LogP contribution >= 0.6 is 0 Å². The van der Waals surface area contributed by atoms with Crippen LogP contribution in [0.3, 0.4) is 0 Å². The maximum Gasteiger partial charge on any atom is 0.509 e. The van der Waals surface area contributed by atoms with Crippen LogP contribution in [0.2, 0.25) is 0 Å². The molecule has 344 valence electrons. The van der Waals surface area contributed by atoms with Crippen molar-refractivity contribution in [1.29, 1.82) is 0 Å². The zero-order chi connectivity index (χ0) is 46.8. The molecule has 1 spiro atoms. The first kappa shape index (κ1) is 47.0. The number of allylic oxidation sites excluding steroid dienone is 1. The Kier molecular flexibility index (Phi) is 12.3. The second-order valence-electron chi connectivity index (χ2n) is 18.5. The Morgan fingerprint density at radius 1 is 0.984 bits per heavy atom. The van der Waals surface area contributed by atoms with E-state index in [1.165, 1.54) is 45.9 Å². The van der Waals surface area contributed by atoms with E-state index in [-0.39, 0.29) is 23.1 Å². The number of carbonyl (C=O) groups is 7. The van der Waals surface area contributed by atoms with Gasteiger partial charge < -0.3 is 58.2 Å².